The summed E-state index contributed by atoms with van der Waals surface area (Å²) in [5.41, 5.74) is 6.19. The lowest BCUT2D eigenvalue weighted by Gasteiger charge is -2.55. The van der Waals surface area contributed by atoms with Crippen LogP contribution in [0, 0.1) is 11.3 Å². The number of aliphatic imine (C=N–C) groups is 1. The number of nitrogens with zero attached hydrogens (tertiary/aromatic N) is 3. The summed E-state index contributed by atoms with van der Waals surface area (Å²) in [4.78, 5) is 21.1. The summed E-state index contributed by atoms with van der Waals surface area (Å²) in [6.45, 7) is 9.21. The minimum absolute atomic E-state index is 0.240. The molecule has 27 heavy (non-hydrogen) atoms. The normalized spacial score (nSPS) is 33.1. The number of piperazine rings is 1. The minimum atomic E-state index is -0.464. The van der Waals surface area contributed by atoms with Gasteiger partial charge in [0.05, 0.1) is 12.1 Å². The summed E-state index contributed by atoms with van der Waals surface area (Å²) < 4.78 is 11.5. The molecule has 4 fully saturated rings. The highest BCUT2D eigenvalue weighted by atomic mass is 16.6. The number of rotatable bonds is 1. The first-order valence-electron chi connectivity index (χ1n) is 10.5. The fourth-order valence-electron chi connectivity index (χ4n) is 5.50. The molecule has 2 saturated heterocycles. The Morgan fingerprint density at radius 1 is 1.15 bits per heavy atom. The van der Waals surface area contributed by atoms with Gasteiger partial charge in [-0.2, -0.15) is 0 Å². The first kappa shape index (κ1) is 18.8. The molecule has 3 unspecified atom stereocenters. The van der Waals surface area contributed by atoms with E-state index in [0.717, 1.165) is 13.0 Å². The van der Waals surface area contributed by atoms with Gasteiger partial charge in [0.2, 0.25) is 0 Å². The number of fused-ring (bicyclic) bond motifs is 2. The van der Waals surface area contributed by atoms with Crippen molar-refractivity contribution in [2.45, 2.75) is 70.6 Å². The Bertz CT molecular complexity index is 601. The summed E-state index contributed by atoms with van der Waals surface area (Å²) in [5.74, 6) is 1.19. The Kier molecular flexibility index (Phi) is 4.77. The van der Waals surface area contributed by atoms with Gasteiger partial charge in [-0.15, -0.1) is 0 Å². The number of hydrogen-bond acceptors (Lipinski definition) is 4. The summed E-state index contributed by atoms with van der Waals surface area (Å²) in [6.07, 6.45) is 6.29. The van der Waals surface area contributed by atoms with Crippen LogP contribution in [-0.4, -0.2) is 72.4 Å². The van der Waals surface area contributed by atoms with Crippen molar-refractivity contribution in [1.82, 2.24) is 9.80 Å². The van der Waals surface area contributed by atoms with E-state index in [1.54, 1.807) is 4.90 Å². The van der Waals surface area contributed by atoms with Crippen molar-refractivity contribution in [3.05, 3.63) is 0 Å². The molecular weight excluding hydrogens is 344 g/mol. The summed E-state index contributed by atoms with van der Waals surface area (Å²) in [5, 5.41) is 0. The third kappa shape index (κ3) is 3.39. The van der Waals surface area contributed by atoms with Gasteiger partial charge in [-0.1, -0.05) is 12.8 Å². The van der Waals surface area contributed by atoms with Crippen molar-refractivity contribution < 1.29 is 14.3 Å². The molecule has 7 heteroatoms. The van der Waals surface area contributed by atoms with Crippen LogP contribution >= 0.6 is 0 Å². The summed E-state index contributed by atoms with van der Waals surface area (Å²) in [6, 6.07) is 0.316. The van der Waals surface area contributed by atoms with Crippen LogP contribution in [0.5, 0.6) is 0 Å². The molecule has 0 aromatic rings. The number of guanidine groups is 1. The first-order chi connectivity index (χ1) is 12.8. The van der Waals surface area contributed by atoms with Crippen LogP contribution in [0.3, 0.4) is 0 Å². The zero-order valence-electron chi connectivity index (χ0n) is 16.9. The van der Waals surface area contributed by atoms with E-state index in [9.17, 15) is 4.79 Å². The van der Waals surface area contributed by atoms with Crippen LogP contribution in [0.15, 0.2) is 4.99 Å². The zero-order chi connectivity index (χ0) is 19.2. The van der Waals surface area contributed by atoms with Crippen molar-refractivity contribution in [2.24, 2.45) is 22.1 Å². The number of carbonyl (C=O) groups excluding carboxylic acids is 1. The highest BCUT2D eigenvalue weighted by Gasteiger charge is 2.65. The van der Waals surface area contributed by atoms with Gasteiger partial charge >= 0.3 is 6.09 Å². The predicted molar refractivity (Wildman–Crippen MR) is 104 cm³/mol. The lowest BCUT2D eigenvalue weighted by molar-refractivity contribution is -0.117. The van der Waals surface area contributed by atoms with Crippen molar-refractivity contribution in [1.29, 1.82) is 0 Å². The van der Waals surface area contributed by atoms with Gasteiger partial charge in [0.1, 0.15) is 5.60 Å². The second-order valence-corrected chi connectivity index (χ2v) is 9.57. The van der Waals surface area contributed by atoms with Gasteiger partial charge < -0.3 is 25.0 Å². The summed E-state index contributed by atoms with van der Waals surface area (Å²) >= 11 is 0. The maximum Gasteiger partial charge on any atom is 0.410 e. The van der Waals surface area contributed by atoms with E-state index in [0.29, 0.717) is 50.2 Å². The Morgan fingerprint density at radius 3 is 2.41 bits per heavy atom. The van der Waals surface area contributed by atoms with Gasteiger partial charge in [-0.3, -0.25) is 0 Å². The van der Waals surface area contributed by atoms with Gasteiger partial charge in [-0.25, -0.2) is 9.79 Å². The third-order valence-corrected chi connectivity index (χ3v) is 6.76. The Morgan fingerprint density at radius 2 is 1.78 bits per heavy atom. The van der Waals surface area contributed by atoms with E-state index < -0.39 is 5.60 Å². The SMILES string of the molecule is CC(C)(C)OC(=O)N1CCN(C(N)=NC2C3CCOC3C23CCCC3)CC1. The second kappa shape index (κ2) is 6.83. The van der Waals surface area contributed by atoms with Crippen LogP contribution in [0.1, 0.15) is 52.9 Å². The van der Waals surface area contributed by atoms with E-state index >= 15 is 0 Å². The first-order valence-corrected chi connectivity index (χ1v) is 10.5. The van der Waals surface area contributed by atoms with Gasteiger partial charge in [0.25, 0.3) is 0 Å². The number of hydrogen-bond donors (Lipinski definition) is 1. The van der Waals surface area contributed by atoms with E-state index in [1.165, 1.54) is 25.7 Å². The molecule has 7 nitrogen and oxygen atoms in total. The van der Waals surface area contributed by atoms with Crippen LogP contribution in [0.4, 0.5) is 4.79 Å². The average molecular weight is 379 g/mol. The monoisotopic (exact) mass is 378 g/mol. The van der Waals surface area contributed by atoms with E-state index in [1.807, 2.05) is 20.8 Å². The van der Waals surface area contributed by atoms with Crippen molar-refractivity contribution in [2.75, 3.05) is 32.8 Å². The van der Waals surface area contributed by atoms with E-state index in [4.69, 9.17) is 20.2 Å². The van der Waals surface area contributed by atoms with Gasteiger partial charge in [-0.05, 0) is 40.0 Å². The Labute approximate surface area is 162 Å². The van der Waals surface area contributed by atoms with Crippen molar-refractivity contribution in [3.63, 3.8) is 0 Å². The quantitative estimate of drug-likeness (QED) is 0.559. The lowest BCUT2D eigenvalue weighted by atomic mass is 9.54. The third-order valence-electron chi connectivity index (χ3n) is 6.76. The molecule has 2 N–H and O–H groups in total. The molecule has 2 aliphatic carbocycles. The number of ether oxygens (including phenoxy) is 2. The molecule has 3 atom stereocenters. The molecular formula is C20H34N4O3. The molecule has 0 radical (unpaired) electrons. The highest BCUT2D eigenvalue weighted by Crippen LogP contribution is 2.62. The van der Waals surface area contributed by atoms with Crippen LogP contribution in [0.25, 0.3) is 0 Å². The maximum absolute atomic E-state index is 12.2. The zero-order valence-corrected chi connectivity index (χ0v) is 16.9. The minimum Gasteiger partial charge on any atom is -0.444 e. The smallest absolute Gasteiger partial charge is 0.410 e. The Hall–Kier alpha value is -1.50. The number of nitrogens with two attached hydrogens (primary N) is 1. The molecule has 0 aromatic heterocycles. The molecule has 4 rings (SSSR count). The fourth-order valence-corrected chi connectivity index (χ4v) is 5.50. The van der Waals surface area contributed by atoms with Crippen molar-refractivity contribution >= 4 is 12.1 Å². The molecule has 2 saturated carbocycles. The van der Waals surface area contributed by atoms with E-state index in [2.05, 4.69) is 4.90 Å². The standard InChI is InChI=1S/C20H34N4O3/c1-19(2,3)27-18(25)24-11-9-23(10-12-24)17(21)22-15-14-6-13-26-16(14)20(15)7-4-5-8-20/h14-16H,4-13H2,1-3H3,(H2,21,22). The largest absolute Gasteiger partial charge is 0.444 e. The second-order valence-electron chi connectivity index (χ2n) is 9.57. The average Bonchev–Trinajstić information content (AvgIpc) is 3.27. The number of amides is 1. The van der Waals surface area contributed by atoms with Crippen LogP contribution < -0.4 is 5.73 Å². The molecule has 1 spiro atoms. The van der Waals surface area contributed by atoms with Gasteiger partial charge in [0, 0.05) is 44.1 Å². The van der Waals surface area contributed by atoms with Crippen LogP contribution in [0.2, 0.25) is 0 Å². The van der Waals surface area contributed by atoms with Crippen molar-refractivity contribution in [3.8, 4) is 0 Å². The fraction of sp³-hybridized carbons (Fsp3) is 0.900. The molecule has 152 valence electrons. The Balaban J connectivity index is 1.37. The molecule has 4 aliphatic rings. The molecule has 2 heterocycles. The summed E-state index contributed by atoms with van der Waals surface area (Å²) in [7, 11) is 0. The molecule has 0 aromatic carbocycles. The topological polar surface area (TPSA) is 80.4 Å². The van der Waals surface area contributed by atoms with Gasteiger partial charge in [0.15, 0.2) is 5.96 Å². The predicted octanol–water partition coefficient (Wildman–Crippen LogP) is 2.20. The van der Waals surface area contributed by atoms with E-state index in [-0.39, 0.29) is 11.5 Å². The molecule has 2 aliphatic heterocycles. The molecule has 0 bridgehead atoms. The molecule has 1 amide bonds. The highest BCUT2D eigenvalue weighted by molar-refractivity contribution is 5.79. The maximum atomic E-state index is 12.2. The lowest BCUT2D eigenvalue weighted by Crippen LogP contribution is -2.62. The van der Waals surface area contributed by atoms with Crippen LogP contribution in [-0.2, 0) is 9.47 Å². The number of carbonyl (C=O) groups is 1.